The van der Waals surface area contributed by atoms with E-state index in [1.807, 2.05) is 6.92 Å². The first kappa shape index (κ1) is 15.8. The molecule has 0 N–H and O–H groups in total. The SMILES string of the molecule is CCCN(C(=O)c1cccc(OC)c1)C1CCS(=O)(=O)C1. The Labute approximate surface area is 125 Å². The molecular formula is C15H21NO4S. The van der Waals surface area contributed by atoms with E-state index in [2.05, 4.69) is 0 Å². The van der Waals surface area contributed by atoms with Gasteiger partial charge in [0.15, 0.2) is 9.84 Å². The van der Waals surface area contributed by atoms with Crippen LogP contribution in [0.15, 0.2) is 24.3 Å². The zero-order valence-corrected chi connectivity index (χ0v) is 13.2. The second kappa shape index (κ2) is 6.47. The van der Waals surface area contributed by atoms with Crippen LogP contribution in [-0.2, 0) is 9.84 Å². The molecule has 1 saturated heterocycles. The number of sulfone groups is 1. The van der Waals surface area contributed by atoms with Crippen LogP contribution in [0.4, 0.5) is 0 Å². The Kier molecular flexibility index (Phi) is 4.88. The molecule has 1 aliphatic rings. The molecule has 1 unspecified atom stereocenters. The number of nitrogens with zero attached hydrogens (tertiary/aromatic N) is 1. The van der Waals surface area contributed by atoms with E-state index in [-0.39, 0.29) is 23.5 Å². The van der Waals surface area contributed by atoms with Gasteiger partial charge in [-0.2, -0.15) is 0 Å². The molecule has 1 amide bonds. The zero-order chi connectivity index (χ0) is 15.5. The summed E-state index contributed by atoms with van der Waals surface area (Å²) < 4.78 is 28.4. The first-order valence-electron chi connectivity index (χ1n) is 7.12. The van der Waals surface area contributed by atoms with Gasteiger partial charge in [-0.1, -0.05) is 13.0 Å². The van der Waals surface area contributed by atoms with E-state index in [1.165, 1.54) is 0 Å². The van der Waals surface area contributed by atoms with Gasteiger partial charge in [-0.05, 0) is 31.0 Å². The maximum Gasteiger partial charge on any atom is 0.254 e. The van der Waals surface area contributed by atoms with Gasteiger partial charge in [0.25, 0.3) is 5.91 Å². The predicted molar refractivity (Wildman–Crippen MR) is 81.4 cm³/mol. The highest BCUT2D eigenvalue weighted by Gasteiger charge is 2.34. The Balaban J connectivity index is 2.23. The van der Waals surface area contributed by atoms with Gasteiger partial charge in [0, 0.05) is 18.2 Å². The number of carbonyl (C=O) groups excluding carboxylic acids is 1. The lowest BCUT2D eigenvalue weighted by atomic mass is 10.1. The van der Waals surface area contributed by atoms with Crippen molar-refractivity contribution in [2.75, 3.05) is 25.2 Å². The van der Waals surface area contributed by atoms with Crippen LogP contribution < -0.4 is 4.74 Å². The van der Waals surface area contributed by atoms with E-state index in [0.29, 0.717) is 24.3 Å². The van der Waals surface area contributed by atoms with E-state index in [4.69, 9.17) is 4.74 Å². The van der Waals surface area contributed by atoms with Crippen LogP contribution in [0, 0.1) is 0 Å². The highest BCUT2D eigenvalue weighted by atomic mass is 32.2. The first-order valence-corrected chi connectivity index (χ1v) is 8.94. The van der Waals surface area contributed by atoms with Crippen molar-refractivity contribution in [2.45, 2.75) is 25.8 Å². The summed E-state index contributed by atoms with van der Waals surface area (Å²) in [5, 5.41) is 0. The van der Waals surface area contributed by atoms with E-state index >= 15 is 0 Å². The minimum Gasteiger partial charge on any atom is -0.497 e. The van der Waals surface area contributed by atoms with Crippen LogP contribution in [0.1, 0.15) is 30.1 Å². The standard InChI is InChI=1S/C15H21NO4S/c1-3-8-16(13-7-9-21(18,19)11-13)15(17)12-5-4-6-14(10-12)20-2/h4-6,10,13H,3,7-9,11H2,1-2H3. The lowest BCUT2D eigenvalue weighted by molar-refractivity contribution is 0.0696. The number of ether oxygens (including phenoxy) is 1. The van der Waals surface area contributed by atoms with Crippen molar-refractivity contribution < 1.29 is 17.9 Å². The van der Waals surface area contributed by atoms with Crippen LogP contribution in [0.3, 0.4) is 0 Å². The number of methoxy groups -OCH3 is 1. The molecular weight excluding hydrogens is 290 g/mol. The molecule has 1 aliphatic heterocycles. The van der Waals surface area contributed by atoms with Crippen molar-refractivity contribution in [3.05, 3.63) is 29.8 Å². The average molecular weight is 311 g/mol. The quantitative estimate of drug-likeness (QED) is 0.831. The largest absolute Gasteiger partial charge is 0.497 e. The molecule has 1 atom stereocenters. The normalized spacial score (nSPS) is 20.2. The fourth-order valence-electron chi connectivity index (χ4n) is 2.63. The molecule has 5 nitrogen and oxygen atoms in total. The second-order valence-electron chi connectivity index (χ2n) is 5.29. The minimum absolute atomic E-state index is 0.0721. The number of hydrogen-bond acceptors (Lipinski definition) is 4. The van der Waals surface area contributed by atoms with E-state index < -0.39 is 9.84 Å². The number of rotatable bonds is 5. The summed E-state index contributed by atoms with van der Waals surface area (Å²) in [6, 6.07) is 6.75. The third kappa shape index (κ3) is 3.75. The van der Waals surface area contributed by atoms with Crippen LogP contribution >= 0.6 is 0 Å². The number of carbonyl (C=O) groups is 1. The Hall–Kier alpha value is -1.56. The van der Waals surface area contributed by atoms with Crippen LogP contribution in [0.25, 0.3) is 0 Å². The topological polar surface area (TPSA) is 63.7 Å². The van der Waals surface area contributed by atoms with Crippen molar-refractivity contribution in [1.82, 2.24) is 4.90 Å². The fraction of sp³-hybridized carbons (Fsp3) is 0.533. The summed E-state index contributed by atoms with van der Waals surface area (Å²) >= 11 is 0. The lowest BCUT2D eigenvalue weighted by Crippen LogP contribution is -2.41. The summed E-state index contributed by atoms with van der Waals surface area (Å²) in [5.74, 6) is 0.737. The summed E-state index contributed by atoms with van der Waals surface area (Å²) in [5.41, 5.74) is 0.534. The highest BCUT2D eigenvalue weighted by Crippen LogP contribution is 2.22. The molecule has 0 saturated carbocycles. The first-order chi connectivity index (χ1) is 9.96. The molecule has 1 heterocycles. The van der Waals surface area contributed by atoms with Gasteiger partial charge in [-0.3, -0.25) is 4.79 Å². The Morgan fingerprint density at radius 2 is 2.19 bits per heavy atom. The zero-order valence-electron chi connectivity index (χ0n) is 12.4. The van der Waals surface area contributed by atoms with Gasteiger partial charge in [0.05, 0.1) is 18.6 Å². The average Bonchev–Trinajstić information content (AvgIpc) is 2.84. The molecule has 1 fully saturated rings. The van der Waals surface area contributed by atoms with Crippen LogP contribution in [0.5, 0.6) is 5.75 Å². The lowest BCUT2D eigenvalue weighted by Gasteiger charge is -2.28. The number of benzene rings is 1. The molecule has 116 valence electrons. The van der Waals surface area contributed by atoms with Crippen LogP contribution in [-0.4, -0.2) is 50.4 Å². The third-order valence-electron chi connectivity index (χ3n) is 3.69. The molecule has 0 radical (unpaired) electrons. The Morgan fingerprint density at radius 1 is 1.43 bits per heavy atom. The second-order valence-corrected chi connectivity index (χ2v) is 7.52. The van der Waals surface area contributed by atoms with Gasteiger partial charge in [0.1, 0.15) is 5.75 Å². The Morgan fingerprint density at radius 3 is 2.76 bits per heavy atom. The van der Waals surface area contributed by atoms with Crippen molar-refractivity contribution in [1.29, 1.82) is 0 Å². The molecule has 0 aromatic heterocycles. The summed E-state index contributed by atoms with van der Waals surface area (Å²) in [4.78, 5) is 14.4. The molecule has 0 bridgehead atoms. The number of hydrogen-bond donors (Lipinski definition) is 0. The van der Waals surface area contributed by atoms with Gasteiger partial charge in [-0.25, -0.2) is 8.42 Å². The van der Waals surface area contributed by atoms with Gasteiger partial charge in [0.2, 0.25) is 0 Å². The van der Waals surface area contributed by atoms with E-state index in [0.717, 1.165) is 6.42 Å². The molecule has 0 aliphatic carbocycles. The monoisotopic (exact) mass is 311 g/mol. The molecule has 1 aromatic rings. The summed E-state index contributed by atoms with van der Waals surface area (Å²) in [6.07, 6.45) is 1.32. The smallest absolute Gasteiger partial charge is 0.254 e. The molecule has 2 rings (SSSR count). The molecule has 1 aromatic carbocycles. The van der Waals surface area contributed by atoms with E-state index in [9.17, 15) is 13.2 Å². The van der Waals surface area contributed by atoms with Crippen molar-refractivity contribution in [2.24, 2.45) is 0 Å². The predicted octanol–water partition coefficient (Wildman–Crippen LogP) is 1.73. The summed E-state index contributed by atoms with van der Waals surface area (Å²) in [6.45, 7) is 2.55. The molecule has 0 spiro atoms. The summed E-state index contributed by atoms with van der Waals surface area (Å²) in [7, 11) is -1.45. The van der Waals surface area contributed by atoms with E-state index in [1.54, 1.807) is 36.3 Å². The van der Waals surface area contributed by atoms with Crippen molar-refractivity contribution in [3.63, 3.8) is 0 Å². The van der Waals surface area contributed by atoms with Crippen molar-refractivity contribution in [3.8, 4) is 5.75 Å². The molecule has 21 heavy (non-hydrogen) atoms. The molecule has 6 heteroatoms. The number of amides is 1. The maximum absolute atomic E-state index is 12.7. The highest BCUT2D eigenvalue weighted by molar-refractivity contribution is 7.91. The Bertz CT molecular complexity index is 612. The fourth-order valence-corrected chi connectivity index (χ4v) is 4.36. The van der Waals surface area contributed by atoms with Gasteiger partial charge < -0.3 is 9.64 Å². The van der Waals surface area contributed by atoms with Crippen molar-refractivity contribution >= 4 is 15.7 Å². The maximum atomic E-state index is 12.7. The van der Waals surface area contributed by atoms with Gasteiger partial charge in [-0.15, -0.1) is 0 Å². The van der Waals surface area contributed by atoms with Crippen LogP contribution in [0.2, 0.25) is 0 Å². The third-order valence-corrected chi connectivity index (χ3v) is 5.44. The minimum atomic E-state index is -3.01. The van der Waals surface area contributed by atoms with Gasteiger partial charge >= 0.3 is 0 Å².